The Morgan fingerprint density at radius 2 is 1.94 bits per heavy atom. The van der Waals surface area contributed by atoms with Crippen LogP contribution in [0.15, 0.2) is 53.0 Å². The smallest absolute Gasteiger partial charge is 0.341 e. The first-order valence-electron chi connectivity index (χ1n) is 11.1. The summed E-state index contributed by atoms with van der Waals surface area (Å²) in [6, 6.07) is 15.8. The van der Waals surface area contributed by atoms with E-state index in [9.17, 15) is 9.59 Å². The van der Waals surface area contributed by atoms with E-state index in [0.717, 1.165) is 45.3 Å². The highest BCUT2D eigenvalue weighted by atomic mass is 79.9. The average Bonchev–Trinajstić information content (AvgIpc) is 3.18. The van der Waals surface area contributed by atoms with Crippen molar-refractivity contribution in [2.45, 2.75) is 39.0 Å². The van der Waals surface area contributed by atoms with Crippen LogP contribution in [0, 0.1) is 0 Å². The van der Waals surface area contributed by atoms with Gasteiger partial charge in [0.2, 0.25) is 0 Å². The maximum absolute atomic E-state index is 12.7. The molecule has 0 saturated carbocycles. The number of anilines is 1. The summed E-state index contributed by atoms with van der Waals surface area (Å²) >= 11 is 5.01. The van der Waals surface area contributed by atoms with Crippen molar-refractivity contribution >= 4 is 44.1 Å². The van der Waals surface area contributed by atoms with Gasteiger partial charge in [0.05, 0.1) is 16.6 Å². The van der Waals surface area contributed by atoms with Gasteiger partial charge in [0.15, 0.2) is 6.61 Å². The number of rotatable bonds is 7. The molecule has 0 bridgehead atoms. The van der Waals surface area contributed by atoms with Crippen molar-refractivity contribution in [3.05, 3.63) is 69.0 Å². The van der Waals surface area contributed by atoms with Gasteiger partial charge in [-0.15, -0.1) is 11.3 Å². The third kappa shape index (κ3) is 5.31. The van der Waals surface area contributed by atoms with Gasteiger partial charge in [-0.25, -0.2) is 4.79 Å². The Labute approximate surface area is 206 Å². The summed E-state index contributed by atoms with van der Waals surface area (Å²) in [5.41, 5.74) is 3.69. The van der Waals surface area contributed by atoms with Crippen molar-refractivity contribution in [3.8, 4) is 16.9 Å². The molecule has 1 aliphatic carbocycles. The summed E-state index contributed by atoms with van der Waals surface area (Å²) in [6.07, 6.45) is 3.03. The van der Waals surface area contributed by atoms with Gasteiger partial charge >= 0.3 is 5.97 Å². The number of aryl methyl sites for hydroxylation is 1. The molecular weight excluding hydrogens is 502 g/mol. The highest BCUT2D eigenvalue weighted by molar-refractivity contribution is 9.10. The van der Waals surface area contributed by atoms with Gasteiger partial charge in [-0.3, -0.25) is 4.79 Å². The second-order valence-electron chi connectivity index (χ2n) is 8.00. The number of esters is 1. The topological polar surface area (TPSA) is 64.6 Å². The highest BCUT2D eigenvalue weighted by Crippen LogP contribution is 2.43. The minimum absolute atomic E-state index is 0.163. The second kappa shape index (κ2) is 10.5. The molecule has 0 saturated heterocycles. The highest BCUT2D eigenvalue weighted by Gasteiger charge is 2.30. The molecule has 2 aromatic carbocycles. The van der Waals surface area contributed by atoms with Gasteiger partial charge in [-0.2, -0.15) is 0 Å². The molecule has 1 N–H and O–H groups in total. The molecule has 1 aliphatic rings. The van der Waals surface area contributed by atoms with Crippen LogP contribution in [-0.2, 0) is 16.0 Å². The van der Waals surface area contributed by atoms with E-state index >= 15 is 0 Å². The number of thiophene rings is 1. The zero-order valence-electron chi connectivity index (χ0n) is 18.7. The molecule has 0 spiro atoms. The summed E-state index contributed by atoms with van der Waals surface area (Å²) in [5.74, 6) is 0.157. The van der Waals surface area contributed by atoms with E-state index in [4.69, 9.17) is 9.47 Å². The van der Waals surface area contributed by atoms with Crippen molar-refractivity contribution in [1.82, 2.24) is 0 Å². The molecule has 7 heteroatoms. The maximum atomic E-state index is 12.7. The van der Waals surface area contributed by atoms with Gasteiger partial charge in [-0.1, -0.05) is 43.3 Å². The largest absolute Gasteiger partial charge is 0.483 e. The fraction of sp³-hybridized carbons (Fsp3) is 0.308. The minimum Gasteiger partial charge on any atom is -0.483 e. The predicted octanol–water partition coefficient (Wildman–Crippen LogP) is 6.81. The average molecular weight is 528 g/mol. The van der Waals surface area contributed by atoms with Crippen LogP contribution in [0.4, 0.5) is 5.00 Å². The monoisotopic (exact) mass is 527 g/mol. The Bertz CT molecular complexity index is 1160. The van der Waals surface area contributed by atoms with E-state index in [1.54, 1.807) is 6.92 Å². The lowest BCUT2D eigenvalue weighted by Crippen LogP contribution is -2.21. The molecule has 1 unspecified atom stereocenters. The first-order valence-corrected chi connectivity index (χ1v) is 12.7. The number of nitrogens with one attached hydrogen (secondary N) is 1. The number of benzene rings is 2. The summed E-state index contributed by atoms with van der Waals surface area (Å²) in [4.78, 5) is 26.6. The Morgan fingerprint density at radius 1 is 1.15 bits per heavy atom. The first-order chi connectivity index (χ1) is 16.0. The van der Waals surface area contributed by atoms with E-state index in [2.05, 4.69) is 28.2 Å². The van der Waals surface area contributed by atoms with Gasteiger partial charge in [0.1, 0.15) is 10.8 Å². The fourth-order valence-electron chi connectivity index (χ4n) is 4.14. The first kappa shape index (κ1) is 23.5. The molecule has 0 radical (unpaired) electrons. The van der Waals surface area contributed by atoms with Crippen LogP contribution in [0.2, 0.25) is 0 Å². The van der Waals surface area contributed by atoms with Gasteiger partial charge < -0.3 is 14.8 Å². The molecular formula is C26H26BrNO4S. The number of carbonyl (C=O) groups excluding carboxylic acids is 2. The number of hydrogen-bond acceptors (Lipinski definition) is 5. The van der Waals surface area contributed by atoms with E-state index in [-0.39, 0.29) is 24.4 Å². The van der Waals surface area contributed by atoms with Crippen molar-refractivity contribution in [1.29, 1.82) is 0 Å². The van der Waals surface area contributed by atoms with Gasteiger partial charge in [0.25, 0.3) is 5.91 Å². The summed E-state index contributed by atoms with van der Waals surface area (Å²) < 4.78 is 11.8. The molecule has 3 aromatic rings. The number of hydrogen-bond donors (Lipinski definition) is 1. The SMILES string of the molecule is CCOC(=O)c1c(NC(=O)COc2ccc(-c3ccccc3)cc2Br)sc2c1C(C)CCC2. The molecule has 1 heterocycles. The molecule has 172 valence electrons. The van der Waals surface area contributed by atoms with Crippen molar-refractivity contribution in [3.63, 3.8) is 0 Å². The predicted molar refractivity (Wildman–Crippen MR) is 135 cm³/mol. The van der Waals surface area contributed by atoms with Crippen LogP contribution in [-0.4, -0.2) is 25.1 Å². The van der Waals surface area contributed by atoms with Crippen LogP contribution in [0.1, 0.15) is 53.4 Å². The Balaban J connectivity index is 1.47. The number of carbonyl (C=O) groups is 2. The molecule has 1 amide bonds. The summed E-state index contributed by atoms with van der Waals surface area (Å²) in [7, 11) is 0. The van der Waals surface area contributed by atoms with Crippen molar-refractivity contribution in [2.24, 2.45) is 0 Å². The Morgan fingerprint density at radius 3 is 2.67 bits per heavy atom. The van der Waals surface area contributed by atoms with Crippen molar-refractivity contribution < 1.29 is 19.1 Å². The van der Waals surface area contributed by atoms with Crippen LogP contribution in [0.25, 0.3) is 11.1 Å². The normalized spacial score (nSPS) is 14.9. The van der Waals surface area contributed by atoms with Crippen molar-refractivity contribution in [2.75, 3.05) is 18.5 Å². The lowest BCUT2D eigenvalue weighted by molar-refractivity contribution is -0.118. The maximum Gasteiger partial charge on any atom is 0.341 e. The third-order valence-electron chi connectivity index (χ3n) is 5.69. The fourth-order valence-corrected chi connectivity index (χ4v) is 6.00. The van der Waals surface area contributed by atoms with E-state index in [0.29, 0.717) is 22.9 Å². The molecule has 4 rings (SSSR count). The molecule has 1 atom stereocenters. The molecule has 0 fully saturated rings. The van der Waals surface area contributed by atoms with Crippen LogP contribution >= 0.6 is 27.3 Å². The number of amides is 1. The summed E-state index contributed by atoms with van der Waals surface area (Å²) in [6.45, 7) is 4.04. The van der Waals surface area contributed by atoms with Crippen LogP contribution < -0.4 is 10.1 Å². The molecule has 33 heavy (non-hydrogen) atoms. The Hall–Kier alpha value is -2.64. The minimum atomic E-state index is -0.376. The van der Waals surface area contributed by atoms with Gasteiger partial charge in [-0.05, 0) is 76.9 Å². The van der Waals surface area contributed by atoms with E-state index < -0.39 is 0 Å². The molecule has 0 aliphatic heterocycles. The Kier molecular flexibility index (Phi) is 7.50. The quantitative estimate of drug-likeness (QED) is 0.342. The van der Waals surface area contributed by atoms with E-state index in [1.165, 1.54) is 11.3 Å². The van der Waals surface area contributed by atoms with Crippen LogP contribution in [0.3, 0.4) is 0 Å². The molecule has 1 aromatic heterocycles. The van der Waals surface area contributed by atoms with Gasteiger partial charge in [0, 0.05) is 4.88 Å². The lowest BCUT2D eigenvalue weighted by atomic mass is 9.86. The molecule has 5 nitrogen and oxygen atoms in total. The van der Waals surface area contributed by atoms with E-state index in [1.807, 2.05) is 48.5 Å². The lowest BCUT2D eigenvalue weighted by Gasteiger charge is -2.19. The van der Waals surface area contributed by atoms with Crippen LogP contribution in [0.5, 0.6) is 5.75 Å². The number of ether oxygens (including phenoxy) is 2. The number of fused-ring (bicyclic) bond motifs is 1. The zero-order valence-corrected chi connectivity index (χ0v) is 21.1. The number of halogens is 1. The summed E-state index contributed by atoms with van der Waals surface area (Å²) in [5, 5.41) is 3.45. The zero-order chi connectivity index (χ0) is 23.4. The third-order valence-corrected chi connectivity index (χ3v) is 7.49. The standard InChI is InChI=1S/C26H26BrNO4S/c1-3-31-26(30)24-23-16(2)8-7-11-21(23)33-25(24)28-22(29)15-32-20-13-12-18(14-19(20)27)17-9-5-4-6-10-17/h4-6,9-10,12-14,16H,3,7-8,11,15H2,1-2H3,(H,28,29). The second-order valence-corrected chi connectivity index (χ2v) is 9.96.